The second-order valence-corrected chi connectivity index (χ2v) is 37.8. The molecule has 22 rings (SSSR count). The average molecular weight is 1350 g/mol. The van der Waals surface area contributed by atoms with E-state index in [1.54, 1.807) is 38.4 Å². The van der Waals surface area contributed by atoms with Crippen LogP contribution in [0.2, 0.25) is 0 Å². The van der Waals surface area contributed by atoms with E-state index in [0.29, 0.717) is 83.3 Å². The summed E-state index contributed by atoms with van der Waals surface area (Å²) >= 11 is 0. The number of nitrogens with two attached hydrogens (primary N) is 1. The number of aromatic hydroxyl groups is 1. The fraction of sp³-hybridized carbons (Fsp3) is 0.603. The fourth-order valence-electron chi connectivity index (χ4n) is 25.7. The third-order valence-electron chi connectivity index (χ3n) is 29.3. The van der Waals surface area contributed by atoms with Gasteiger partial charge >= 0.3 is 0 Å². The number of hydrogen-bond acceptors (Lipinski definition) is 15. The van der Waals surface area contributed by atoms with Crippen LogP contribution in [-0.2, 0) is 27.8 Å². The molecule has 0 saturated heterocycles. The molecule has 18 aliphatic rings. The summed E-state index contributed by atoms with van der Waals surface area (Å²) in [6, 6.07) is 5.81. The van der Waals surface area contributed by atoms with Crippen molar-refractivity contribution in [3.63, 3.8) is 0 Å². The Morgan fingerprint density at radius 3 is 2.61 bits per heavy atom. The summed E-state index contributed by atoms with van der Waals surface area (Å²) in [5.74, 6) is 12.4. The van der Waals surface area contributed by atoms with E-state index in [0.717, 1.165) is 84.5 Å². The van der Waals surface area contributed by atoms with Gasteiger partial charge < -0.3 is 55.4 Å². The molecule has 496 valence electrons. The number of ether oxygens (including phenoxy) is 2. The maximum atomic E-state index is 15.6. The number of phenols is 1. The highest BCUT2D eigenvalue weighted by molar-refractivity contribution is 8.77. The lowest BCUT2D eigenvalue weighted by Crippen LogP contribution is -2.62. The van der Waals surface area contributed by atoms with Crippen molar-refractivity contribution in [3.8, 4) is 41.1 Å². The van der Waals surface area contributed by atoms with Crippen LogP contribution in [0.25, 0.3) is 10.9 Å². The van der Waals surface area contributed by atoms with E-state index in [2.05, 4.69) is 106 Å². The number of carbonyl (C=O) groups is 1. The van der Waals surface area contributed by atoms with Crippen molar-refractivity contribution in [2.75, 3.05) is 18.9 Å². The van der Waals surface area contributed by atoms with E-state index in [9.17, 15) is 30.6 Å². The topological polar surface area (TPSA) is 216 Å². The highest BCUT2D eigenvalue weighted by atomic mass is 33.1. The summed E-state index contributed by atoms with van der Waals surface area (Å²) in [6.45, 7) is 0.257. The Morgan fingerprint density at radius 2 is 1.73 bits per heavy atom. The minimum absolute atomic E-state index is 0.0568. The number of aliphatic hydroxyl groups excluding tert-OH is 5. The van der Waals surface area contributed by atoms with Crippen molar-refractivity contribution < 1.29 is 44.9 Å². The lowest BCUT2D eigenvalue weighted by atomic mass is 9.43. The van der Waals surface area contributed by atoms with Crippen molar-refractivity contribution in [2.24, 2.45) is 86.1 Å². The number of aromatic nitrogens is 2. The molecule has 6 fully saturated rings. The summed E-state index contributed by atoms with van der Waals surface area (Å²) < 4.78 is 16.6. The Morgan fingerprint density at radius 1 is 0.863 bits per heavy atom. The maximum absolute atomic E-state index is 15.6. The molecule has 4 aromatic rings. The van der Waals surface area contributed by atoms with Crippen LogP contribution in [0.15, 0.2) is 84.6 Å². The van der Waals surface area contributed by atoms with Crippen molar-refractivity contribution in [3.05, 3.63) is 124 Å². The number of hydrogen-bond donors (Lipinski definition) is 9. The standard InChI is InChI=1S/C78H86N4O9S4/c79-70-46-11-10-45-57(84)15-13-54-71-82-33-51-55(32-80-56(51)34-82)78-64(88)26-42-16-23-76-21-5-6-41(76)8-9-43-30-75(78,38-77(42,43)76)37-74(39-81-70,66(46)67(45)78)40-93-92-36-52-44(60(87)29-61(69(52)91-71)90-25-24-72(54)18-3-4-19-72)12-14-58(85)65-63(35-83)95-94-62-17-22-73-20-2-1-7-53(73)48-28-59(86)49(68(65)89)27-47(48)50(62)31-73/h8-11,17,22,26-27,29,32-34,41-43,48-50,53-54,57,59,62-63,65,68,70-71,80-81,83-84,86-89H,1-7,12,14,16,18-21,23,28,30-31,35-40,79H2/t41-,42+,43-,48-,49+,50+,53+,54+,57-,59-,62+,63-,65+,68-,70+,71+,73-,74-,75-,76-,77+,78+/m1/s1. The molecule has 0 amide bonds. The summed E-state index contributed by atoms with van der Waals surface area (Å²) in [4.78, 5) is 19.5. The number of aromatic amines is 1. The number of allylic oxidation sites excluding steroid dienone is 6. The average Bonchev–Trinajstić information content (AvgIpc) is 1.49. The molecule has 13 nitrogen and oxygen atoms in total. The monoisotopic (exact) mass is 1350 g/mol. The third kappa shape index (κ3) is 7.87. The van der Waals surface area contributed by atoms with Crippen LogP contribution in [0.5, 0.6) is 17.2 Å². The first-order chi connectivity index (χ1) is 46.2. The van der Waals surface area contributed by atoms with Gasteiger partial charge in [-0.2, -0.15) is 0 Å². The van der Waals surface area contributed by atoms with E-state index < -0.39 is 75.4 Å². The molecule has 0 radical (unpaired) electrons. The predicted molar refractivity (Wildman–Crippen MR) is 372 cm³/mol. The van der Waals surface area contributed by atoms with Gasteiger partial charge in [0.05, 0.1) is 58.4 Å². The van der Waals surface area contributed by atoms with Gasteiger partial charge in [0.25, 0.3) is 0 Å². The molecule has 10 N–H and O–H groups in total. The predicted octanol–water partition coefficient (Wildman–Crippen LogP) is 13.1. The van der Waals surface area contributed by atoms with Crippen LogP contribution in [-0.4, -0.2) is 87.6 Å². The molecule has 2 aromatic carbocycles. The summed E-state index contributed by atoms with van der Waals surface area (Å²) in [7, 11) is 6.71. The van der Waals surface area contributed by atoms with Gasteiger partial charge in [-0.15, -0.1) is 0 Å². The molecule has 22 atom stereocenters. The molecule has 16 bridgehead atoms. The number of carbonyl (C=O) groups excluding carboxylic acids is 1. The van der Waals surface area contributed by atoms with Gasteiger partial charge in [-0.1, -0.05) is 141 Å². The molecule has 9 heterocycles. The van der Waals surface area contributed by atoms with E-state index in [-0.39, 0.29) is 76.0 Å². The molecular weight excluding hydrogens is 1270 g/mol. The van der Waals surface area contributed by atoms with E-state index >= 15 is 4.79 Å². The Labute approximate surface area is 571 Å². The summed E-state index contributed by atoms with van der Waals surface area (Å²) in [6.07, 6.45) is 37.7. The number of phenolic OH excluding ortho intramolecular Hbond substituents is 1. The smallest absolute Gasteiger partial charge is 0.191 e. The fourth-order valence-corrected chi connectivity index (χ4v) is 31.7. The van der Waals surface area contributed by atoms with E-state index in [4.69, 9.17) is 15.2 Å². The van der Waals surface area contributed by atoms with Crippen molar-refractivity contribution in [1.82, 2.24) is 14.9 Å². The maximum Gasteiger partial charge on any atom is 0.191 e. The number of nitrogens with one attached hydrogen (secondary N) is 2. The van der Waals surface area contributed by atoms with Crippen LogP contribution in [0.4, 0.5) is 0 Å². The second-order valence-electron chi connectivity index (χ2n) is 32.7. The van der Waals surface area contributed by atoms with E-state index in [1.165, 1.54) is 61.3 Å². The first-order valence-corrected chi connectivity index (χ1v) is 40.8. The zero-order chi connectivity index (χ0) is 63.9. The number of H-pyrrole nitrogens is 1. The molecule has 2 aromatic heterocycles. The lowest BCUT2D eigenvalue weighted by Gasteiger charge is -2.61. The number of benzene rings is 2. The largest absolute Gasteiger partial charge is 0.511 e. The number of nitrogens with zero attached hydrogens (tertiary/aromatic N) is 1. The second kappa shape index (κ2) is 21.2. The molecule has 6 saturated carbocycles. The van der Waals surface area contributed by atoms with Crippen LogP contribution in [0, 0.1) is 104 Å². The lowest BCUT2D eigenvalue weighted by molar-refractivity contribution is -0.129. The van der Waals surface area contributed by atoms with Crippen LogP contribution >= 0.6 is 43.2 Å². The number of fused-ring (bicyclic) bond motifs is 3. The minimum atomic E-state index is -1.28. The van der Waals surface area contributed by atoms with Gasteiger partial charge in [0.15, 0.2) is 17.7 Å². The number of ketones is 1. The van der Waals surface area contributed by atoms with E-state index in [1.807, 2.05) is 0 Å². The van der Waals surface area contributed by atoms with Gasteiger partial charge in [-0.3, -0.25) is 10.1 Å². The number of rotatable bonds is 5. The SMILES string of the molecule is N[C@H]1NC[C@]23CSSCc4c(CCC(=O)[C@@H]5[C@H](O)[C@H]6C=C7[C@@H](C[C@H]6O)[C@@H]6CCCC[C@]68C=C[C@H](SS[C@@H]5CO)[C@H]7C8)c(O)cc5c4O[C@H]4[C@H](C#C[C@@H](O)c6ccc1c2c6[C@@]1(C(O)=C[C@@H]2CC[C@]67CCC[C@@H]6C=C[C@@H]6C[C@@]1(C3)C[C@]267)c1c[nH]c2cn4cc12)C1(C#CO5)CCCC1. The molecule has 7 spiro atoms. The Kier molecular flexibility index (Phi) is 13.5. The highest BCUT2D eigenvalue weighted by Crippen LogP contribution is 2.85. The van der Waals surface area contributed by atoms with Gasteiger partial charge in [0.2, 0.25) is 0 Å². The quantitative estimate of drug-likeness (QED) is 0.0516. The molecule has 17 heteroatoms. The molecule has 0 unspecified atom stereocenters. The van der Waals surface area contributed by atoms with Crippen molar-refractivity contribution in [2.45, 2.75) is 186 Å². The first kappa shape index (κ1) is 60.3. The Balaban J connectivity index is 0.754. The van der Waals surface area contributed by atoms with Crippen molar-refractivity contribution >= 4 is 59.9 Å². The first-order valence-electron chi connectivity index (χ1n) is 36.0. The zero-order valence-electron chi connectivity index (χ0n) is 53.7. The third-order valence-corrected chi connectivity index (χ3v) is 35.0. The minimum Gasteiger partial charge on any atom is -0.511 e. The highest BCUT2D eigenvalue weighted by Gasteiger charge is 2.79. The van der Waals surface area contributed by atoms with Gasteiger partial charge in [0, 0.05) is 82.2 Å². The Bertz CT molecular complexity index is 4240. The number of aliphatic hydroxyl groups is 5. The van der Waals surface area contributed by atoms with Crippen molar-refractivity contribution in [1.29, 1.82) is 0 Å². The molecular formula is C78H86N4O9S4. The Hall–Kier alpha value is -4.63. The van der Waals surface area contributed by atoms with Crippen LogP contribution in [0.1, 0.15) is 179 Å². The molecule has 11 aliphatic carbocycles. The van der Waals surface area contributed by atoms with Crippen LogP contribution in [0.3, 0.4) is 0 Å². The van der Waals surface area contributed by atoms with Crippen LogP contribution < -0.4 is 20.5 Å². The van der Waals surface area contributed by atoms with Gasteiger partial charge in [-0.25, -0.2) is 0 Å². The molecule has 7 aliphatic heterocycles. The summed E-state index contributed by atoms with van der Waals surface area (Å²) in [5, 5.41) is 81.5. The van der Waals surface area contributed by atoms with Gasteiger partial charge in [-0.05, 0) is 181 Å². The molecule has 95 heavy (non-hydrogen) atoms. The normalized spacial score (nSPS) is 44.2. The van der Waals surface area contributed by atoms with Gasteiger partial charge in [0.1, 0.15) is 29.5 Å². The summed E-state index contributed by atoms with van der Waals surface area (Å²) in [5.41, 5.74) is 12.8. The zero-order valence-corrected chi connectivity index (χ0v) is 57.0. The number of Topliss-reactive ketones (excluding diaryl/α,β-unsaturated/α-hetero) is 1.